The fourth-order valence-electron chi connectivity index (χ4n) is 3.28. The Morgan fingerprint density at radius 2 is 2.04 bits per heavy atom. The van der Waals surface area contributed by atoms with Crippen molar-refractivity contribution < 1.29 is 9.53 Å². The number of fused-ring (bicyclic) bond motifs is 1. The van der Waals surface area contributed by atoms with Crippen LogP contribution in [0.1, 0.15) is 52.3 Å². The third kappa shape index (κ3) is 3.55. The van der Waals surface area contributed by atoms with Crippen LogP contribution in [0.15, 0.2) is 12.3 Å². The number of piperidine rings is 1. The van der Waals surface area contributed by atoms with Crippen molar-refractivity contribution in [1.29, 1.82) is 0 Å². The fourth-order valence-corrected chi connectivity index (χ4v) is 3.28. The summed E-state index contributed by atoms with van der Waals surface area (Å²) in [5.41, 5.74) is 8.21. The van der Waals surface area contributed by atoms with Gasteiger partial charge in [-0.3, -0.25) is 0 Å². The molecule has 2 aromatic heterocycles. The number of hydrogen-bond acceptors (Lipinski definition) is 5. The van der Waals surface area contributed by atoms with E-state index in [4.69, 9.17) is 15.6 Å². The van der Waals surface area contributed by atoms with E-state index in [0.717, 1.165) is 41.7 Å². The molecule has 0 radical (unpaired) electrons. The minimum Gasteiger partial charge on any atom is -0.444 e. The van der Waals surface area contributed by atoms with Gasteiger partial charge in [0.15, 0.2) is 5.65 Å². The Balaban J connectivity index is 1.77. The zero-order valence-electron chi connectivity index (χ0n) is 15.5. The summed E-state index contributed by atoms with van der Waals surface area (Å²) in [4.78, 5) is 18.5. The van der Waals surface area contributed by atoms with Gasteiger partial charge in [0.1, 0.15) is 5.60 Å². The van der Waals surface area contributed by atoms with Crippen molar-refractivity contribution in [2.24, 2.45) is 0 Å². The molecule has 0 aromatic carbocycles. The third-order valence-electron chi connectivity index (χ3n) is 4.49. The molecule has 0 bridgehead atoms. The number of carbonyl (C=O) groups is 1. The molecule has 1 aliphatic heterocycles. The normalized spacial score (nSPS) is 16.4. The molecule has 0 unspecified atom stereocenters. The van der Waals surface area contributed by atoms with E-state index in [-0.39, 0.29) is 12.1 Å². The lowest BCUT2D eigenvalue weighted by atomic mass is 10.1. The number of nitrogens with two attached hydrogens (primary N) is 1. The van der Waals surface area contributed by atoms with E-state index in [2.05, 4.69) is 11.9 Å². The Kier molecular flexibility index (Phi) is 4.58. The van der Waals surface area contributed by atoms with Gasteiger partial charge < -0.3 is 15.4 Å². The second kappa shape index (κ2) is 6.54. The Bertz CT molecular complexity index is 770. The maximum atomic E-state index is 12.2. The van der Waals surface area contributed by atoms with E-state index in [9.17, 15) is 4.79 Å². The minimum atomic E-state index is -0.469. The van der Waals surface area contributed by atoms with Gasteiger partial charge in [-0.2, -0.15) is 5.10 Å². The number of aromatic nitrogens is 3. The monoisotopic (exact) mass is 345 g/mol. The number of amides is 1. The van der Waals surface area contributed by atoms with Crippen molar-refractivity contribution in [3.8, 4) is 0 Å². The lowest BCUT2D eigenvalue weighted by molar-refractivity contribution is 0.0186. The number of nitrogen functional groups attached to an aromatic ring is 1. The molecule has 0 saturated carbocycles. The highest BCUT2D eigenvalue weighted by atomic mass is 16.6. The predicted molar refractivity (Wildman–Crippen MR) is 97.4 cm³/mol. The first-order valence-electron chi connectivity index (χ1n) is 8.89. The van der Waals surface area contributed by atoms with Crippen molar-refractivity contribution in [3.63, 3.8) is 0 Å². The van der Waals surface area contributed by atoms with E-state index in [1.165, 1.54) is 0 Å². The maximum absolute atomic E-state index is 12.2. The van der Waals surface area contributed by atoms with E-state index < -0.39 is 5.60 Å². The van der Waals surface area contributed by atoms with E-state index >= 15 is 0 Å². The second-order valence-electron chi connectivity index (χ2n) is 7.54. The molecule has 1 saturated heterocycles. The molecule has 1 fully saturated rings. The quantitative estimate of drug-likeness (QED) is 0.903. The van der Waals surface area contributed by atoms with Crippen LogP contribution in [0.4, 0.5) is 10.5 Å². The van der Waals surface area contributed by atoms with Crippen molar-refractivity contribution >= 4 is 22.8 Å². The molecule has 7 heteroatoms. The van der Waals surface area contributed by atoms with Crippen molar-refractivity contribution in [3.05, 3.63) is 18.0 Å². The number of nitrogens with zero attached hydrogens (tertiary/aromatic N) is 4. The standard InChI is InChI=1S/C18H27N5O2/c1-5-14-15-13(19)6-9-20-16(15)23(21-14)12-7-10-22(11-8-12)17(24)25-18(2,3)4/h6,9,12H,5,7-8,10-11H2,1-4H3,(H2,19,20). The van der Waals surface area contributed by atoms with E-state index in [1.54, 1.807) is 11.1 Å². The number of hydrogen-bond donors (Lipinski definition) is 1. The van der Waals surface area contributed by atoms with Crippen LogP contribution in [0.3, 0.4) is 0 Å². The zero-order valence-corrected chi connectivity index (χ0v) is 15.5. The van der Waals surface area contributed by atoms with Gasteiger partial charge in [0, 0.05) is 25.0 Å². The van der Waals surface area contributed by atoms with Gasteiger partial charge in [0.25, 0.3) is 0 Å². The predicted octanol–water partition coefficient (Wildman–Crippen LogP) is 3.15. The molecule has 0 atom stereocenters. The van der Waals surface area contributed by atoms with Gasteiger partial charge >= 0.3 is 6.09 Å². The lowest BCUT2D eigenvalue weighted by Gasteiger charge is -2.33. The highest BCUT2D eigenvalue weighted by molar-refractivity contribution is 5.90. The number of anilines is 1. The van der Waals surface area contributed by atoms with Crippen molar-refractivity contribution in [2.45, 2.75) is 58.6 Å². The average Bonchev–Trinajstić information content (AvgIpc) is 2.93. The van der Waals surface area contributed by atoms with Gasteiger partial charge in [-0.15, -0.1) is 0 Å². The summed E-state index contributed by atoms with van der Waals surface area (Å²) in [6.07, 6.45) is 3.96. The first kappa shape index (κ1) is 17.5. The first-order valence-corrected chi connectivity index (χ1v) is 8.89. The summed E-state index contributed by atoms with van der Waals surface area (Å²) < 4.78 is 7.46. The zero-order chi connectivity index (χ0) is 18.2. The summed E-state index contributed by atoms with van der Waals surface area (Å²) in [6.45, 7) is 9.04. The van der Waals surface area contributed by atoms with Gasteiger partial charge in [-0.25, -0.2) is 14.5 Å². The SMILES string of the molecule is CCc1nn(C2CCN(C(=O)OC(C)(C)C)CC2)c2nccc(N)c12. The molecule has 25 heavy (non-hydrogen) atoms. The number of likely N-dealkylation sites (tertiary alicyclic amines) is 1. The number of rotatable bonds is 2. The second-order valence-corrected chi connectivity index (χ2v) is 7.54. The van der Waals surface area contributed by atoms with Crippen LogP contribution in [0.25, 0.3) is 11.0 Å². The molecule has 2 aromatic rings. The Morgan fingerprint density at radius 3 is 2.64 bits per heavy atom. The van der Waals surface area contributed by atoms with Crippen LogP contribution in [0.2, 0.25) is 0 Å². The van der Waals surface area contributed by atoms with E-state index in [1.807, 2.05) is 31.5 Å². The smallest absolute Gasteiger partial charge is 0.410 e. The fraction of sp³-hybridized carbons (Fsp3) is 0.611. The summed E-state index contributed by atoms with van der Waals surface area (Å²) in [6, 6.07) is 2.04. The number of pyridine rings is 1. The van der Waals surface area contributed by atoms with Gasteiger partial charge in [0.05, 0.1) is 17.1 Å². The molecule has 136 valence electrons. The molecule has 0 spiro atoms. The lowest BCUT2D eigenvalue weighted by Crippen LogP contribution is -2.42. The van der Waals surface area contributed by atoms with Gasteiger partial charge in [-0.1, -0.05) is 6.92 Å². The minimum absolute atomic E-state index is 0.218. The molecule has 3 rings (SSSR count). The Morgan fingerprint density at radius 1 is 1.36 bits per heavy atom. The van der Waals surface area contributed by atoms with Crippen LogP contribution >= 0.6 is 0 Å². The summed E-state index contributed by atoms with van der Waals surface area (Å²) in [5, 5.41) is 5.72. The Hall–Kier alpha value is -2.31. The highest BCUT2D eigenvalue weighted by Crippen LogP contribution is 2.30. The maximum Gasteiger partial charge on any atom is 0.410 e. The molecule has 7 nitrogen and oxygen atoms in total. The molecule has 3 heterocycles. The van der Waals surface area contributed by atoms with Crippen molar-refractivity contribution in [2.75, 3.05) is 18.8 Å². The number of carbonyl (C=O) groups excluding carboxylic acids is 1. The molecular weight excluding hydrogens is 318 g/mol. The summed E-state index contributed by atoms with van der Waals surface area (Å²) >= 11 is 0. The third-order valence-corrected chi connectivity index (χ3v) is 4.49. The van der Waals surface area contributed by atoms with Crippen LogP contribution in [-0.4, -0.2) is 44.4 Å². The molecule has 0 aliphatic carbocycles. The van der Waals surface area contributed by atoms with Crippen LogP contribution in [0, 0.1) is 0 Å². The molecular formula is C18H27N5O2. The van der Waals surface area contributed by atoms with Crippen LogP contribution in [-0.2, 0) is 11.2 Å². The average molecular weight is 345 g/mol. The van der Waals surface area contributed by atoms with Gasteiger partial charge in [-0.05, 0) is 46.1 Å². The largest absolute Gasteiger partial charge is 0.444 e. The van der Waals surface area contributed by atoms with Crippen LogP contribution in [0.5, 0.6) is 0 Å². The van der Waals surface area contributed by atoms with E-state index in [0.29, 0.717) is 13.1 Å². The van der Waals surface area contributed by atoms with Gasteiger partial charge in [0.2, 0.25) is 0 Å². The molecule has 1 aliphatic rings. The molecule has 1 amide bonds. The summed E-state index contributed by atoms with van der Waals surface area (Å²) in [5.74, 6) is 0. The Labute approximate surface area is 148 Å². The number of ether oxygens (including phenoxy) is 1. The number of aryl methyl sites for hydroxylation is 1. The summed E-state index contributed by atoms with van der Waals surface area (Å²) in [7, 11) is 0. The topological polar surface area (TPSA) is 86.3 Å². The molecule has 2 N–H and O–H groups in total. The van der Waals surface area contributed by atoms with Crippen molar-refractivity contribution in [1.82, 2.24) is 19.7 Å². The first-order chi connectivity index (χ1) is 11.8. The highest BCUT2D eigenvalue weighted by Gasteiger charge is 2.29. The van der Waals surface area contributed by atoms with Crippen LogP contribution < -0.4 is 5.73 Å².